The van der Waals surface area contributed by atoms with Gasteiger partial charge in [-0.2, -0.15) is 0 Å². The van der Waals surface area contributed by atoms with Gasteiger partial charge in [-0.15, -0.1) is 0 Å². The summed E-state index contributed by atoms with van der Waals surface area (Å²) in [7, 11) is 0. The lowest BCUT2D eigenvalue weighted by Gasteiger charge is -2.33. The third-order valence-electron chi connectivity index (χ3n) is 6.33. The first-order chi connectivity index (χ1) is 15.9. The summed E-state index contributed by atoms with van der Waals surface area (Å²) in [6.07, 6.45) is 6.56. The van der Waals surface area contributed by atoms with E-state index in [1.54, 1.807) is 11.0 Å². The van der Waals surface area contributed by atoms with E-state index in [1.165, 1.54) is 0 Å². The van der Waals surface area contributed by atoms with Crippen molar-refractivity contribution >= 4 is 41.0 Å². The van der Waals surface area contributed by atoms with E-state index in [9.17, 15) is 19.5 Å². The van der Waals surface area contributed by atoms with Crippen LogP contribution in [-0.4, -0.2) is 64.4 Å². The smallest absolute Gasteiger partial charge is 0.323 e. The fourth-order valence-electron chi connectivity index (χ4n) is 4.65. The molecule has 1 aromatic carbocycles. The molecule has 0 radical (unpaired) electrons. The van der Waals surface area contributed by atoms with Gasteiger partial charge in [0.15, 0.2) is 0 Å². The first-order valence-electron chi connectivity index (χ1n) is 11.5. The second-order valence-corrected chi connectivity index (χ2v) is 9.11. The molecule has 3 aliphatic rings. The number of halogens is 1. The van der Waals surface area contributed by atoms with Gasteiger partial charge in [0.2, 0.25) is 17.8 Å². The third kappa shape index (κ3) is 5.58. The van der Waals surface area contributed by atoms with E-state index in [0.717, 1.165) is 37.7 Å². The first-order valence-corrected chi connectivity index (χ1v) is 11.9. The average molecular weight is 477 g/mol. The molecule has 2 amide bonds. The molecule has 2 heterocycles. The van der Waals surface area contributed by atoms with Crippen LogP contribution in [-0.2, 0) is 20.9 Å². The molecule has 2 N–H and O–H groups in total. The number of guanidine groups is 1. The highest BCUT2D eigenvalue weighted by molar-refractivity contribution is 6.33. The van der Waals surface area contributed by atoms with E-state index in [4.69, 9.17) is 16.3 Å². The fraction of sp³-hybridized carbons (Fsp3) is 0.565. The maximum absolute atomic E-state index is 12.7. The molecule has 4 rings (SSSR count). The number of benzene rings is 1. The molecule has 178 valence electrons. The fourth-order valence-corrected chi connectivity index (χ4v) is 4.92. The van der Waals surface area contributed by atoms with Gasteiger partial charge in [0, 0.05) is 18.0 Å². The second-order valence-electron chi connectivity index (χ2n) is 8.73. The average Bonchev–Trinajstić information content (AvgIpc) is 3.16. The monoisotopic (exact) mass is 476 g/mol. The number of nitrogens with zero attached hydrogens (tertiary/aromatic N) is 3. The van der Waals surface area contributed by atoms with Crippen molar-refractivity contribution in [3.05, 3.63) is 22.7 Å². The van der Waals surface area contributed by atoms with Crippen LogP contribution in [0.4, 0.5) is 5.69 Å². The van der Waals surface area contributed by atoms with E-state index >= 15 is 0 Å². The lowest BCUT2D eigenvalue weighted by Crippen LogP contribution is -2.44. The highest BCUT2D eigenvalue weighted by Gasteiger charge is 2.31. The van der Waals surface area contributed by atoms with Crippen molar-refractivity contribution < 1.29 is 24.2 Å². The van der Waals surface area contributed by atoms with Gasteiger partial charge < -0.3 is 19.6 Å². The molecule has 0 bridgehead atoms. The number of carbonyl (C=O) groups excluding carboxylic acids is 2. The van der Waals surface area contributed by atoms with Gasteiger partial charge in [-0.1, -0.05) is 30.9 Å². The predicted molar refractivity (Wildman–Crippen MR) is 123 cm³/mol. The van der Waals surface area contributed by atoms with Crippen molar-refractivity contribution in [2.75, 3.05) is 19.7 Å². The molecule has 2 aliphatic heterocycles. The Balaban J connectivity index is 1.26. The van der Waals surface area contributed by atoms with Crippen LogP contribution in [0.1, 0.15) is 56.9 Å². The summed E-state index contributed by atoms with van der Waals surface area (Å²) in [6, 6.07) is 3.63. The van der Waals surface area contributed by atoms with Crippen LogP contribution in [0.25, 0.3) is 0 Å². The van der Waals surface area contributed by atoms with Crippen molar-refractivity contribution in [1.82, 2.24) is 15.1 Å². The Morgan fingerprint density at radius 3 is 2.76 bits per heavy atom. The van der Waals surface area contributed by atoms with Crippen LogP contribution >= 0.6 is 11.6 Å². The molecular formula is C23H29ClN4O5. The van der Waals surface area contributed by atoms with Gasteiger partial charge in [0.1, 0.15) is 18.8 Å². The Labute approximate surface area is 197 Å². The van der Waals surface area contributed by atoms with Crippen molar-refractivity contribution in [2.24, 2.45) is 4.99 Å². The Morgan fingerprint density at radius 1 is 1.21 bits per heavy atom. The minimum Gasteiger partial charge on any atom is -0.492 e. The van der Waals surface area contributed by atoms with Crippen LogP contribution in [0, 0.1) is 0 Å². The Kier molecular flexibility index (Phi) is 7.37. The van der Waals surface area contributed by atoms with Gasteiger partial charge in [-0.3, -0.25) is 19.7 Å². The largest absolute Gasteiger partial charge is 0.492 e. The molecule has 0 aromatic heterocycles. The predicted octanol–water partition coefficient (Wildman–Crippen LogP) is 3.07. The quantitative estimate of drug-likeness (QED) is 0.530. The molecule has 1 saturated carbocycles. The maximum Gasteiger partial charge on any atom is 0.323 e. The Hall–Kier alpha value is -2.81. The number of carbonyl (C=O) groups is 3. The van der Waals surface area contributed by atoms with Crippen LogP contribution in [0.5, 0.6) is 5.75 Å². The molecule has 9 nitrogen and oxygen atoms in total. The van der Waals surface area contributed by atoms with Crippen molar-refractivity contribution in [3.63, 3.8) is 0 Å². The zero-order valence-corrected chi connectivity index (χ0v) is 19.3. The molecule has 2 fully saturated rings. The number of ether oxygens (including phenoxy) is 1. The molecular weight excluding hydrogens is 448 g/mol. The Morgan fingerprint density at radius 2 is 2.00 bits per heavy atom. The van der Waals surface area contributed by atoms with E-state index in [0.29, 0.717) is 54.8 Å². The zero-order chi connectivity index (χ0) is 23.4. The van der Waals surface area contributed by atoms with Crippen molar-refractivity contribution in [2.45, 2.75) is 64.0 Å². The van der Waals surface area contributed by atoms with Gasteiger partial charge in [-0.05, 0) is 37.8 Å². The number of carboxylic acid groups (broad SMARTS) is 1. The normalized spacial score (nSPS) is 17.7. The molecule has 1 aliphatic carbocycles. The van der Waals surface area contributed by atoms with Gasteiger partial charge >= 0.3 is 5.97 Å². The van der Waals surface area contributed by atoms with E-state index in [1.807, 2.05) is 11.0 Å². The summed E-state index contributed by atoms with van der Waals surface area (Å²) in [6.45, 7) is 0.908. The molecule has 1 saturated heterocycles. The lowest BCUT2D eigenvalue weighted by atomic mass is 9.94. The summed E-state index contributed by atoms with van der Waals surface area (Å²) in [5.74, 6) is -0.0573. The molecule has 33 heavy (non-hydrogen) atoms. The number of unbranched alkanes of at least 4 members (excludes halogenated alkanes) is 1. The number of amides is 2. The van der Waals surface area contributed by atoms with Gasteiger partial charge in [0.05, 0.1) is 23.9 Å². The molecule has 0 atom stereocenters. The lowest BCUT2D eigenvalue weighted by molar-refractivity contribution is -0.146. The van der Waals surface area contributed by atoms with Crippen LogP contribution in [0.15, 0.2) is 17.1 Å². The summed E-state index contributed by atoms with van der Waals surface area (Å²) in [5, 5.41) is 12.4. The number of hydrogen-bond donors (Lipinski definition) is 2. The van der Waals surface area contributed by atoms with E-state index in [-0.39, 0.29) is 30.9 Å². The highest BCUT2D eigenvalue weighted by Crippen LogP contribution is 2.38. The molecule has 10 heteroatoms. The minimum absolute atomic E-state index is 0.0391. The van der Waals surface area contributed by atoms with Crippen LogP contribution in [0.2, 0.25) is 5.02 Å². The number of rotatable bonds is 9. The summed E-state index contributed by atoms with van der Waals surface area (Å²) < 4.78 is 5.86. The molecule has 0 unspecified atom stereocenters. The number of hydrogen-bond acceptors (Lipinski definition) is 6. The molecule has 0 spiro atoms. The molecule has 1 aromatic rings. The first kappa shape index (κ1) is 23.4. The zero-order valence-electron chi connectivity index (χ0n) is 18.5. The van der Waals surface area contributed by atoms with Crippen molar-refractivity contribution in [3.8, 4) is 5.75 Å². The summed E-state index contributed by atoms with van der Waals surface area (Å²) in [5.41, 5.74) is 1.54. The topological polar surface area (TPSA) is 112 Å². The number of carboxylic acids is 1. The number of fused-ring (bicyclic) bond motifs is 2. The third-order valence-corrected chi connectivity index (χ3v) is 6.74. The second kappa shape index (κ2) is 10.4. The van der Waals surface area contributed by atoms with Gasteiger partial charge in [-0.25, -0.2) is 4.99 Å². The van der Waals surface area contributed by atoms with Crippen LogP contribution in [0.3, 0.4) is 0 Å². The van der Waals surface area contributed by atoms with E-state index in [2.05, 4.69) is 10.3 Å². The minimum atomic E-state index is -0.968. The summed E-state index contributed by atoms with van der Waals surface area (Å²) >= 11 is 6.55. The SMILES string of the molecule is O=C(O)CN(C(=O)CCCCOc1ccc2c(c1Cl)CN1CC(=O)NC1=N2)C1CCCCC1. The van der Waals surface area contributed by atoms with Crippen LogP contribution < -0.4 is 10.1 Å². The van der Waals surface area contributed by atoms with Crippen molar-refractivity contribution in [1.29, 1.82) is 0 Å². The highest BCUT2D eigenvalue weighted by atomic mass is 35.5. The number of nitrogens with one attached hydrogen (secondary N) is 1. The van der Waals surface area contributed by atoms with Gasteiger partial charge in [0.25, 0.3) is 0 Å². The maximum atomic E-state index is 12.7. The number of aliphatic imine (C=N–C) groups is 1. The summed E-state index contributed by atoms with van der Waals surface area (Å²) in [4.78, 5) is 43.4. The standard InChI is InChI=1S/C23H29ClN4O5/c24-22-16-12-27-13-19(29)26-23(27)25-17(16)9-10-18(22)33-11-5-4-8-20(30)28(14-21(31)32)15-6-2-1-3-7-15/h9-10,15H,1-8,11-14H2,(H,31,32)(H,25,26,29). The number of aliphatic carboxylic acids is 1. The Bertz CT molecular complexity index is 960. The van der Waals surface area contributed by atoms with E-state index < -0.39 is 5.97 Å².